The van der Waals surface area contributed by atoms with Gasteiger partial charge in [0.25, 0.3) is 0 Å². The monoisotopic (exact) mass is 378 g/mol. The molecule has 0 fully saturated rings. The van der Waals surface area contributed by atoms with E-state index in [-0.39, 0.29) is 13.2 Å². The molecule has 0 aliphatic rings. The molecular weight excluding hydrogens is 356 g/mol. The number of carboxylic acids is 1. The lowest BCUT2D eigenvalue weighted by molar-refractivity contribution is -0.129. The first-order chi connectivity index (χ1) is 13.0. The summed E-state index contributed by atoms with van der Waals surface area (Å²) >= 11 is 0. The molecular formula is C17H22N4O6. The van der Waals surface area contributed by atoms with Crippen LogP contribution in [0, 0.1) is 0 Å². The van der Waals surface area contributed by atoms with Gasteiger partial charge in [-0.15, -0.1) is 0 Å². The van der Waals surface area contributed by atoms with Crippen LogP contribution in [0.4, 0.5) is 0 Å². The first-order valence-corrected chi connectivity index (χ1v) is 7.80. The van der Waals surface area contributed by atoms with Crippen LogP contribution in [0.1, 0.15) is 25.0 Å². The number of hydrogen-bond donors (Lipinski definition) is 1. The number of benzene rings is 1. The standard InChI is InChI=1S/C17H22N4O6/c1-12(19-24-3)17(21-25-4)13(2)20-27-11-15-8-6-5-7-14(15)10-26-18-9-16(22)23/h5-9H,10-11H2,1-4H3,(H,22,23). The summed E-state index contributed by atoms with van der Waals surface area (Å²) in [6.45, 7) is 3.66. The fourth-order valence-electron chi connectivity index (χ4n) is 1.94. The summed E-state index contributed by atoms with van der Waals surface area (Å²) in [4.78, 5) is 30.2. The van der Waals surface area contributed by atoms with Crippen LogP contribution in [0.15, 0.2) is 44.9 Å². The summed E-state index contributed by atoms with van der Waals surface area (Å²) in [5.41, 5.74) is 2.92. The van der Waals surface area contributed by atoms with Gasteiger partial charge in [-0.05, 0) is 25.0 Å². The normalized spacial score (nSPS) is 12.8. The van der Waals surface area contributed by atoms with Crippen molar-refractivity contribution in [1.82, 2.24) is 0 Å². The van der Waals surface area contributed by atoms with E-state index in [1.54, 1.807) is 13.8 Å². The van der Waals surface area contributed by atoms with Crippen LogP contribution >= 0.6 is 0 Å². The molecule has 0 aliphatic heterocycles. The molecule has 0 amide bonds. The van der Waals surface area contributed by atoms with Crippen molar-refractivity contribution >= 4 is 29.3 Å². The van der Waals surface area contributed by atoms with E-state index in [0.717, 1.165) is 11.1 Å². The number of aliphatic carboxylic acids is 1. The van der Waals surface area contributed by atoms with Crippen molar-refractivity contribution in [1.29, 1.82) is 0 Å². The molecule has 0 aliphatic carbocycles. The van der Waals surface area contributed by atoms with Gasteiger partial charge in [0.05, 0.1) is 0 Å². The first kappa shape index (κ1) is 21.6. The van der Waals surface area contributed by atoms with Gasteiger partial charge in [0.15, 0.2) is 11.9 Å². The minimum absolute atomic E-state index is 0.0992. The zero-order valence-corrected chi connectivity index (χ0v) is 15.6. The number of oxime groups is 4. The Balaban J connectivity index is 2.77. The molecule has 146 valence electrons. The highest BCUT2D eigenvalue weighted by molar-refractivity contribution is 6.67. The lowest BCUT2D eigenvalue weighted by Crippen LogP contribution is -2.20. The molecule has 0 aromatic heterocycles. The summed E-state index contributed by atoms with van der Waals surface area (Å²) in [7, 11) is 2.84. The number of nitrogens with zero attached hydrogens (tertiary/aromatic N) is 4. The molecule has 0 saturated heterocycles. The molecule has 0 spiro atoms. The lowest BCUT2D eigenvalue weighted by Gasteiger charge is -2.08. The Bertz CT molecular complexity index is 743. The van der Waals surface area contributed by atoms with Crippen LogP contribution in [0.3, 0.4) is 0 Å². The molecule has 0 atom stereocenters. The van der Waals surface area contributed by atoms with Gasteiger partial charge in [0, 0.05) is 0 Å². The van der Waals surface area contributed by atoms with Gasteiger partial charge in [-0.3, -0.25) is 0 Å². The molecule has 27 heavy (non-hydrogen) atoms. The van der Waals surface area contributed by atoms with Crippen LogP contribution < -0.4 is 0 Å². The van der Waals surface area contributed by atoms with Crippen molar-refractivity contribution in [2.24, 2.45) is 20.6 Å². The highest BCUT2D eigenvalue weighted by Gasteiger charge is 2.11. The van der Waals surface area contributed by atoms with Gasteiger partial charge in [-0.25, -0.2) is 4.79 Å². The van der Waals surface area contributed by atoms with Gasteiger partial charge >= 0.3 is 5.97 Å². The van der Waals surface area contributed by atoms with Gasteiger partial charge in [-0.1, -0.05) is 44.9 Å². The van der Waals surface area contributed by atoms with E-state index >= 15 is 0 Å². The van der Waals surface area contributed by atoms with Crippen LogP contribution in [0.5, 0.6) is 0 Å². The van der Waals surface area contributed by atoms with Crippen LogP contribution in [0.25, 0.3) is 0 Å². The quantitative estimate of drug-likeness (QED) is 0.465. The number of rotatable bonds is 11. The van der Waals surface area contributed by atoms with Crippen molar-refractivity contribution in [2.75, 3.05) is 14.2 Å². The maximum atomic E-state index is 10.4. The summed E-state index contributed by atoms with van der Waals surface area (Å²) in [6, 6.07) is 7.32. The van der Waals surface area contributed by atoms with E-state index in [0.29, 0.717) is 23.3 Å². The minimum Gasteiger partial charge on any atom is -0.477 e. The molecule has 10 nitrogen and oxygen atoms in total. The third-order valence-electron chi connectivity index (χ3n) is 3.09. The zero-order chi connectivity index (χ0) is 20.1. The molecule has 0 heterocycles. The lowest BCUT2D eigenvalue weighted by atomic mass is 10.1. The van der Waals surface area contributed by atoms with E-state index in [1.807, 2.05) is 24.3 Å². The predicted octanol–water partition coefficient (Wildman–Crippen LogP) is 2.19. The van der Waals surface area contributed by atoms with Crippen LogP contribution in [0.2, 0.25) is 0 Å². The van der Waals surface area contributed by atoms with Gasteiger partial charge in [0.2, 0.25) is 0 Å². The summed E-state index contributed by atoms with van der Waals surface area (Å²) < 4.78 is 0. The second-order valence-corrected chi connectivity index (χ2v) is 5.05. The predicted molar refractivity (Wildman–Crippen MR) is 99.8 cm³/mol. The number of carboxylic acid groups (broad SMARTS) is 1. The zero-order valence-electron chi connectivity index (χ0n) is 15.6. The van der Waals surface area contributed by atoms with E-state index in [9.17, 15) is 4.79 Å². The second kappa shape index (κ2) is 12.0. The van der Waals surface area contributed by atoms with Crippen LogP contribution in [-0.2, 0) is 37.4 Å². The minimum atomic E-state index is -1.18. The van der Waals surface area contributed by atoms with E-state index in [2.05, 4.69) is 20.6 Å². The van der Waals surface area contributed by atoms with Crippen molar-refractivity contribution in [3.63, 3.8) is 0 Å². The highest BCUT2D eigenvalue weighted by Crippen LogP contribution is 2.12. The summed E-state index contributed by atoms with van der Waals surface area (Å²) in [5, 5.41) is 23.5. The van der Waals surface area contributed by atoms with Gasteiger partial charge in [0.1, 0.15) is 38.9 Å². The fourth-order valence-corrected chi connectivity index (χ4v) is 1.94. The maximum Gasteiger partial charge on any atom is 0.350 e. The van der Waals surface area contributed by atoms with E-state index in [1.165, 1.54) is 14.2 Å². The molecule has 1 aromatic carbocycles. The number of carbonyl (C=O) groups is 1. The topological polar surface area (TPSA) is 124 Å². The Morgan fingerprint density at radius 2 is 1.52 bits per heavy atom. The molecule has 0 bridgehead atoms. The van der Waals surface area contributed by atoms with E-state index in [4.69, 9.17) is 24.5 Å². The summed E-state index contributed by atoms with van der Waals surface area (Å²) in [5.74, 6) is -1.18. The van der Waals surface area contributed by atoms with Crippen molar-refractivity contribution in [3.05, 3.63) is 35.4 Å². The van der Waals surface area contributed by atoms with Crippen LogP contribution in [-0.4, -0.2) is 48.6 Å². The molecule has 1 N–H and O–H groups in total. The van der Waals surface area contributed by atoms with Crippen molar-refractivity contribution in [3.8, 4) is 0 Å². The molecule has 0 radical (unpaired) electrons. The number of hydrogen-bond acceptors (Lipinski definition) is 9. The smallest absolute Gasteiger partial charge is 0.350 e. The third-order valence-corrected chi connectivity index (χ3v) is 3.09. The van der Waals surface area contributed by atoms with Gasteiger partial charge < -0.3 is 24.5 Å². The molecule has 0 unspecified atom stereocenters. The second-order valence-electron chi connectivity index (χ2n) is 5.05. The molecule has 1 aromatic rings. The fraction of sp³-hybridized carbons (Fsp3) is 0.353. The van der Waals surface area contributed by atoms with Crippen molar-refractivity contribution < 1.29 is 29.3 Å². The molecule has 1 rings (SSSR count). The average molecular weight is 378 g/mol. The average Bonchev–Trinajstić information content (AvgIpc) is 2.64. The Kier molecular flexibility index (Phi) is 9.61. The Hall–Kier alpha value is -3.43. The maximum absolute atomic E-state index is 10.4. The Morgan fingerprint density at radius 1 is 0.963 bits per heavy atom. The highest BCUT2D eigenvalue weighted by atomic mass is 16.6. The largest absolute Gasteiger partial charge is 0.477 e. The Labute approximate surface area is 156 Å². The third kappa shape index (κ3) is 7.99. The first-order valence-electron chi connectivity index (χ1n) is 7.80. The Morgan fingerprint density at radius 3 is 2.07 bits per heavy atom. The van der Waals surface area contributed by atoms with Gasteiger partial charge in [-0.2, -0.15) is 0 Å². The van der Waals surface area contributed by atoms with Crippen molar-refractivity contribution in [2.45, 2.75) is 27.1 Å². The molecule has 10 heteroatoms. The SMILES string of the molecule is CON=C(C)C(=NOC)C(C)=NOCc1ccccc1CON=CC(=O)O. The summed E-state index contributed by atoms with van der Waals surface area (Å²) in [6.07, 6.45) is 0.674. The van der Waals surface area contributed by atoms with E-state index < -0.39 is 5.97 Å². The molecule has 0 saturated carbocycles.